The molecule has 2 aliphatic rings. The first-order valence-electron chi connectivity index (χ1n) is 8.40. The molecule has 0 bridgehead atoms. The summed E-state index contributed by atoms with van der Waals surface area (Å²) >= 11 is 0. The Bertz CT molecular complexity index is 935. The fraction of sp³-hybridized carbons (Fsp3) is 0.333. The lowest BCUT2D eigenvalue weighted by molar-refractivity contribution is -0.297. The number of aliphatic hydroxyl groups excluding tert-OH is 1. The van der Waals surface area contributed by atoms with Crippen molar-refractivity contribution in [2.75, 3.05) is 13.1 Å². The standard InChI is InChI=1S/C18H16F2N2O5/c19-12-9-11-3-5-21(14(11)10-13(12)20)7-8-22-6-4-15(23)18(22)26-16(24)1-2-17(25)27-18/h1-3,5,9-10,15,23H,4,6-8H2. The number of nitrogens with zero attached hydrogens (tertiary/aromatic N) is 2. The van der Waals surface area contributed by atoms with Crippen LogP contribution < -0.4 is 0 Å². The second-order valence-electron chi connectivity index (χ2n) is 6.43. The van der Waals surface area contributed by atoms with Crippen LogP contribution in [0.5, 0.6) is 0 Å². The lowest BCUT2D eigenvalue weighted by atomic mass is 10.2. The Morgan fingerprint density at radius 3 is 2.48 bits per heavy atom. The highest BCUT2D eigenvalue weighted by Crippen LogP contribution is 2.34. The molecule has 0 saturated carbocycles. The third-order valence-electron chi connectivity index (χ3n) is 4.81. The first-order valence-corrected chi connectivity index (χ1v) is 8.40. The van der Waals surface area contributed by atoms with Crippen molar-refractivity contribution in [3.05, 3.63) is 48.2 Å². The molecule has 1 spiro atoms. The molecule has 27 heavy (non-hydrogen) atoms. The van der Waals surface area contributed by atoms with E-state index in [4.69, 9.17) is 9.47 Å². The molecule has 142 valence electrons. The van der Waals surface area contributed by atoms with Crippen LogP contribution in [0.4, 0.5) is 8.78 Å². The summed E-state index contributed by atoms with van der Waals surface area (Å²) in [6.07, 6.45) is 2.61. The van der Waals surface area contributed by atoms with Crippen molar-refractivity contribution < 1.29 is 33.0 Å². The van der Waals surface area contributed by atoms with Crippen LogP contribution in [-0.4, -0.2) is 51.6 Å². The number of aliphatic hydroxyl groups is 1. The van der Waals surface area contributed by atoms with Crippen molar-refractivity contribution in [1.29, 1.82) is 0 Å². The second kappa shape index (κ2) is 6.43. The summed E-state index contributed by atoms with van der Waals surface area (Å²) in [5.74, 6) is -5.36. The number of carbonyl (C=O) groups excluding carboxylic acids is 2. The Balaban J connectivity index is 1.58. The SMILES string of the molecule is O=C1C=CC(=O)OC2(O1)C(O)CCN2CCn1ccc2cc(F)c(F)cc21. The minimum Gasteiger partial charge on any atom is -0.403 e. The summed E-state index contributed by atoms with van der Waals surface area (Å²) in [7, 11) is 0. The van der Waals surface area contributed by atoms with E-state index >= 15 is 0 Å². The van der Waals surface area contributed by atoms with Gasteiger partial charge < -0.3 is 19.1 Å². The van der Waals surface area contributed by atoms with E-state index in [2.05, 4.69) is 0 Å². The molecule has 2 aliphatic heterocycles. The van der Waals surface area contributed by atoms with Gasteiger partial charge in [-0.05, 0) is 18.6 Å². The van der Waals surface area contributed by atoms with Gasteiger partial charge in [-0.25, -0.2) is 23.3 Å². The Morgan fingerprint density at radius 1 is 1.11 bits per heavy atom. The topological polar surface area (TPSA) is 81.0 Å². The zero-order chi connectivity index (χ0) is 19.2. The fourth-order valence-electron chi connectivity index (χ4n) is 3.48. The fourth-order valence-corrected chi connectivity index (χ4v) is 3.48. The number of likely N-dealkylation sites (tertiary alicyclic amines) is 1. The molecule has 1 fully saturated rings. The Hall–Kier alpha value is -2.78. The van der Waals surface area contributed by atoms with Crippen LogP contribution in [0.1, 0.15) is 6.42 Å². The minimum absolute atomic E-state index is 0.237. The van der Waals surface area contributed by atoms with Crippen LogP contribution in [-0.2, 0) is 25.6 Å². The molecule has 1 aromatic heterocycles. The number of hydrogen-bond acceptors (Lipinski definition) is 6. The molecular formula is C18H16F2N2O5. The van der Waals surface area contributed by atoms with Gasteiger partial charge >= 0.3 is 17.8 Å². The van der Waals surface area contributed by atoms with Crippen LogP contribution in [0.3, 0.4) is 0 Å². The maximum atomic E-state index is 13.6. The van der Waals surface area contributed by atoms with E-state index in [0.29, 0.717) is 24.0 Å². The zero-order valence-electron chi connectivity index (χ0n) is 14.1. The molecule has 1 unspecified atom stereocenters. The lowest BCUT2D eigenvalue weighted by Crippen LogP contribution is -2.56. The molecule has 0 aliphatic carbocycles. The van der Waals surface area contributed by atoms with Crippen LogP contribution in [0.25, 0.3) is 10.9 Å². The van der Waals surface area contributed by atoms with Crippen LogP contribution >= 0.6 is 0 Å². The number of benzene rings is 1. The third kappa shape index (κ3) is 2.98. The Kier molecular flexibility index (Phi) is 4.20. The van der Waals surface area contributed by atoms with Crippen LogP contribution in [0, 0.1) is 11.6 Å². The summed E-state index contributed by atoms with van der Waals surface area (Å²) in [6, 6.07) is 3.87. The monoisotopic (exact) mass is 378 g/mol. The van der Waals surface area contributed by atoms with Gasteiger partial charge in [0.15, 0.2) is 11.6 Å². The maximum absolute atomic E-state index is 13.6. The number of carbonyl (C=O) groups is 2. The molecule has 4 rings (SSSR count). The number of aromatic nitrogens is 1. The van der Waals surface area contributed by atoms with Crippen molar-refractivity contribution in [3.8, 4) is 0 Å². The predicted molar refractivity (Wildman–Crippen MR) is 88.1 cm³/mol. The highest BCUT2D eigenvalue weighted by atomic mass is 19.2. The number of ether oxygens (including phenoxy) is 2. The summed E-state index contributed by atoms with van der Waals surface area (Å²) in [6.45, 7) is 0.871. The predicted octanol–water partition coefficient (Wildman–Crippen LogP) is 1.30. The quantitative estimate of drug-likeness (QED) is 0.811. The highest BCUT2D eigenvalue weighted by Gasteiger charge is 2.56. The summed E-state index contributed by atoms with van der Waals surface area (Å²) < 4.78 is 39.1. The highest BCUT2D eigenvalue weighted by molar-refractivity contribution is 5.93. The largest absolute Gasteiger partial charge is 0.403 e. The number of esters is 2. The average Bonchev–Trinajstić information content (AvgIpc) is 3.08. The normalized spacial score (nSPS) is 22.3. The summed E-state index contributed by atoms with van der Waals surface area (Å²) in [5.41, 5.74) is 0.499. The van der Waals surface area contributed by atoms with Gasteiger partial charge in [-0.1, -0.05) is 0 Å². The van der Waals surface area contributed by atoms with Gasteiger partial charge in [-0.2, -0.15) is 0 Å². The van der Waals surface area contributed by atoms with E-state index in [0.717, 1.165) is 24.3 Å². The molecule has 2 aromatic rings. The van der Waals surface area contributed by atoms with E-state index in [1.54, 1.807) is 21.7 Å². The van der Waals surface area contributed by atoms with Crippen LogP contribution in [0.15, 0.2) is 36.5 Å². The van der Waals surface area contributed by atoms with Gasteiger partial charge in [0, 0.05) is 49.4 Å². The molecule has 1 saturated heterocycles. The van der Waals surface area contributed by atoms with Gasteiger partial charge in [-0.3, -0.25) is 0 Å². The Morgan fingerprint density at radius 2 is 1.78 bits per heavy atom. The van der Waals surface area contributed by atoms with E-state index in [1.807, 2.05) is 0 Å². The second-order valence-corrected chi connectivity index (χ2v) is 6.43. The average molecular weight is 378 g/mol. The van der Waals surface area contributed by atoms with Crippen LogP contribution in [0.2, 0.25) is 0 Å². The van der Waals surface area contributed by atoms with E-state index < -0.39 is 35.6 Å². The van der Waals surface area contributed by atoms with E-state index in [1.165, 1.54) is 0 Å². The van der Waals surface area contributed by atoms with E-state index in [-0.39, 0.29) is 13.0 Å². The molecule has 1 N–H and O–H groups in total. The first kappa shape index (κ1) is 17.6. The summed E-state index contributed by atoms with van der Waals surface area (Å²) in [4.78, 5) is 25.1. The van der Waals surface area contributed by atoms with Gasteiger partial charge in [0.05, 0.1) is 5.52 Å². The first-order chi connectivity index (χ1) is 12.9. The summed E-state index contributed by atoms with van der Waals surface area (Å²) in [5, 5.41) is 10.9. The minimum atomic E-state index is -1.89. The molecule has 3 heterocycles. The molecule has 0 radical (unpaired) electrons. The van der Waals surface area contributed by atoms with Crippen molar-refractivity contribution in [3.63, 3.8) is 0 Å². The molecule has 7 nitrogen and oxygen atoms in total. The smallest absolute Gasteiger partial charge is 0.348 e. The zero-order valence-corrected chi connectivity index (χ0v) is 14.1. The van der Waals surface area contributed by atoms with Crippen molar-refractivity contribution in [2.45, 2.75) is 25.0 Å². The molecular weight excluding hydrogens is 362 g/mol. The van der Waals surface area contributed by atoms with Crippen molar-refractivity contribution in [2.24, 2.45) is 0 Å². The third-order valence-corrected chi connectivity index (χ3v) is 4.81. The molecule has 1 atom stereocenters. The lowest BCUT2D eigenvalue weighted by Gasteiger charge is -2.36. The van der Waals surface area contributed by atoms with Gasteiger partial charge in [-0.15, -0.1) is 0 Å². The van der Waals surface area contributed by atoms with Gasteiger partial charge in [0.25, 0.3) is 0 Å². The number of fused-ring (bicyclic) bond motifs is 1. The Labute approximate surface area is 152 Å². The van der Waals surface area contributed by atoms with Gasteiger partial charge in [0.2, 0.25) is 0 Å². The molecule has 0 amide bonds. The van der Waals surface area contributed by atoms with Crippen molar-refractivity contribution >= 4 is 22.8 Å². The molecule has 1 aromatic carbocycles. The molecule has 9 heteroatoms. The van der Waals surface area contributed by atoms with Crippen molar-refractivity contribution in [1.82, 2.24) is 9.47 Å². The number of hydrogen-bond donors (Lipinski definition) is 1. The maximum Gasteiger partial charge on any atom is 0.348 e. The number of rotatable bonds is 3. The van der Waals surface area contributed by atoms with Gasteiger partial charge in [0.1, 0.15) is 6.10 Å². The van der Waals surface area contributed by atoms with E-state index in [9.17, 15) is 23.5 Å². The number of halogens is 2.